The average molecular weight is 588 g/mol. The van der Waals surface area contributed by atoms with Crippen LogP contribution in [0.5, 0.6) is 0 Å². The number of pyridine rings is 3. The van der Waals surface area contributed by atoms with Crippen molar-refractivity contribution in [1.29, 1.82) is 0 Å². The molecule has 9 rings (SSSR count). The number of rotatable bonds is 4. The quantitative estimate of drug-likeness (QED) is 0.192. The van der Waals surface area contributed by atoms with Crippen LogP contribution in [-0.2, 0) is 0 Å². The molecule has 0 N–H and O–H groups in total. The van der Waals surface area contributed by atoms with Crippen molar-refractivity contribution in [3.63, 3.8) is 0 Å². The molecule has 5 heteroatoms. The first kappa shape index (κ1) is 26.1. The second-order valence-corrected chi connectivity index (χ2v) is 11.3. The van der Waals surface area contributed by atoms with Crippen LogP contribution in [0, 0.1) is 0 Å². The molecule has 0 bridgehead atoms. The van der Waals surface area contributed by atoms with Gasteiger partial charge in [0.05, 0.1) is 39.8 Å². The molecule has 0 aliphatic heterocycles. The molecule has 5 aromatic carbocycles. The molecule has 0 spiro atoms. The number of nitrogens with zero attached hydrogens (tertiary/aromatic N) is 5. The maximum absolute atomic E-state index is 5.20. The lowest BCUT2D eigenvalue weighted by Crippen LogP contribution is -1.96. The summed E-state index contributed by atoms with van der Waals surface area (Å²) in [5.74, 6) is 0.680. The first-order chi connectivity index (χ1) is 22.8. The molecular weight excluding hydrogens is 562 g/mol. The fourth-order valence-electron chi connectivity index (χ4n) is 6.33. The topological polar surface area (TPSA) is 64.5 Å². The molecule has 0 radical (unpaired) electrons. The van der Waals surface area contributed by atoms with Gasteiger partial charge in [0.15, 0.2) is 5.82 Å². The molecule has 0 aliphatic rings. The van der Waals surface area contributed by atoms with Crippen LogP contribution in [0.1, 0.15) is 0 Å². The Hall–Kier alpha value is -6.33. The highest BCUT2D eigenvalue weighted by atomic mass is 14.9. The van der Waals surface area contributed by atoms with Crippen molar-refractivity contribution < 1.29 is 0 Å². The molecule has 5 nitrogen and oxygen atoms in total. The van der Waals surface area contributed by atoms with E-state index in [2.05, 4.69) is 102 Å². The van der Waals surface area contributed by atoms with Gasteiger partial charge in [-0.1, -0.05) is 127 Å². The summed E-state index contributed by atoms with van der Waals surface area (Å²) in [7, 11) is 0. The van der Waals surface area contributed by atoms with E-state index in [0.717, 1.165) is 82.8 Å². The van der Waals surface area contributed by atoms with E-state index in [1.165, 1.54) is 0 Å². The zero-order valence-electron chi connectivity index (χ0n) is 24.7. The van der Waals surface area contributed by atoms with E-state index >= 15 is 0 Å². The average Bonchev–Trinajstić information content (AvgIpc) is 3.14. The van der Waals surface area contributed by atoms with Gasteiger partial charge in [-0.15, -0.1) is 0 Å². The number of hydrogen-bond acceptors (Lipinski definition) is 5. The minimum atomic E-state index is 0.680. The van der Waals surface area contributed by atoms with Gasteiger partial charge in [0.2, 0.25) is 0 Å². The highest BCUT2D eigenvalue weighted by Gasteiger charge is 2.16. The fraction of sp³-hybridized carbons (Fsp3) is 0. The predicted octanol–water partition coefficient (Wildman–Crippen LogP) is 9.94. The minimum Gasteiger partial charge on any atom is -0.254 e. The van der Waals surface area contributed by atoms with Crippen molar-refractivity contribution in [2.45, 2.75) is 0 Å². The molecule has 4 heterocycles. The Kier molecular flexibility index (Phi) is 6.06. The van der Waals surface area contributed by atoms with Crippen molar-refractivity contribution >= 4 is 43.5 Å². The molecular formula is C41H25N5. The normalized spacial score (nSPS) is 11.5. The van der Waals surface area contributed by atoms with Gasteiger partial charge in [-0.2, -0.15) is 0 Å². The standard InChI is InChI=1S/C41H25N5/c1-3-10-26(11-4-1)34-24-35(27-12-5-2-6-13-27)46-41(45-34)30-19-17-29(18-20-30)38-32-16-8-7-15-31(32)37-33-22-21-28-14-9-23-42-39(28)40(33)43-25-36(37)44-38/h1-25H. The number of hydrogen-bond donors (Lipinski definition) is 0. The lowest BCUT2D eigenvalue weighted by atomic mass is 9.97. The van der Waals surface area contributed by atoms with Gasteiger partial charge in [0.1, 0.15) is 0 Å². The lowest BCUT2D eigenvalue weighted by molar-refractivity contribution is 1.18. The number of fused-ring (bicyclic) bond motifs is 7. The zero-order valence-corrected chi connectivity index (χ0v) is 24.7. The Morgan fingerprint density at radius 2 is 1.07 bits per heavy atom. The molecule has 0 saturated carbocycles. The second-order valence-electron chi connectivity index (χ2n) is 11.3. The largest absolute Gasteiger partial charge is 0.254 e. The Morgan fingerprint density at radius 3 is 1.78 bits per heavy atom. The summed E-state index contributed by atoms with van der Waals surface area (Å²) in [6.07, 6.45) is 3.70. The summed E-state index contributed by atoms with van der Waals surface area (Å²) < 4.78 is 0. The van der Waals surface area contributed by atoms with Crippen LogP contribution in [0.15, 0.2) is 152 Å². The smallest absolute Gasteiger partial charge is 0.160 e. The van der Waals surface area contributed by atoms with E-state index in [4.69, 9.17) is 19.9 Å². The van der Waals surface area contributed by atoms with Gasteiger partial charge in [-0.25, -0.2) is 15.0 Å². The number of benzene rings is 5. The molecule has 0 amide bonds. The highest BCUT2D eigenvalue weighted by molar-refractivity contribution is 6.23. The van der Waals surface area contributed by atoms with Gasteiger partial charge < -0.3 is 0 Å². The van der Waals surface area contributed by atoms with Gasteiger partial charge in [0.25, 0.3) is 0 Å². The van der Waals surface area contributed by atoms with E-state index < -0.39 is 0 Å². The van der Waals surface area contributed by atoms with E-state index in [0.29, 0.717) is 5.82 Å². The molecule has 4 aromatic heterocycles. The van der Waals surface area contributed by atoms with Crippen LogP contribution in [0.2, 0.25) is 0 Å². The van der Waals surface area contributed by atoms with Crippen molar-refractivity contribution in [3.05, 3.63) is 152 Å². The SMILES string of the molecule is c1ccc(-c2cc(-c3ccccc3)nc(-c3ccc(-c4nc5cnc6c(ccc7cccnc76)c5c5ccccc45)cc3)n2)cc1. The van der Waals surface area contributed by atoms with Crippen LogP contribution in [-0.4, -0.2) is 24.9 Å². The fourth-order valence-corrected chi connectivity index (χ4v) is 6.33. The first-order valence-electron chi connectivity index (χ1n) is 15.3. The monoisotopic (exact) mass is 587 g/mol. The minimum absolute atomic E-state index is 0.680. The summed E-state index contributed by atoms with van der Waals surface area (Å²) in [5.41, 5.74) is 9.40. The lowest BCUT2D eigenvalue weighted by Gasteiger charge is -2.13. The van der Waals surface area contributed by atoms with E-state index in [9.17, 15) is 0 Å². The predicted molar refractivity (Wildman–Crippen MR) is 187 cm³/mol. The zero-order chi connectivity index (χ0) is 30.5. The molecule has 0 saturated heterocycles. The molecule has 0 atom stereocenters. The third kappa shape index (κ3) is 4.37. The third-order valence-electron chi connectivity index (χ3n) is 8.55. The molecule has 46 heavy (non-hydrogen) atoms. The Bertz CT molecular complexity index is 2510. The Balaban J connectivity index is 1.19. The molecule has 214 valence electrons. The van der Waals surface area contributed by atoms with Crippen molar-refractivity contribution in [1.82, 2.24) is 24.9 Å². The molecule has 0 aliphatic carbocycles. The first-order valence-corrected chi connectivity index (χ1v) is 15.3. The second kappa shape index (κ2) is 10.7. The molecule has 9 aromatic rings. The van der Waals surface area contributed by atoms with Crippen LogP contribution in [0.3, 0.4) is 0 Å². The maximum Gasteiger partial charge on any atom is 0.160 e. The highest BCUT2D eigenvalue weighted by Crippen LogP contribution is 2.37. The van der Waals surface area contributed by atoms with Gasteiger partial charge in [-0.05, 0) is 17.5 Å². The van der Waals surface area contributed by atoms with Gasteiger partial charge in [-0.3, -0.25) is 9.97 Å². The third-order valence-corrected chi connectivity index (χ3v) is 8.55. The summed E-state index contributed by atoms with van der Waals surface area (Å²) >= 11 is 0. The van der Waals surface area contributed by atoms with E-state index in [1.54, 1.807) is 0 Å². The molecule has 0 fully saturated rings. The summed E-state index contributed by atoms with van der Waals surface area (Å²) in [4.78, 5) is 24.7. The van der Waals surface area contributed by atoms with Crippen molar-refractivity contribution in [2.24, 2.45) is 0 Å². The summed E-state index contributed by atoms with van der Waals surface area (Å²) in [6.45, 7) is 0. The van der Waals surface area contributed by atoms with E-state index in [1.807, 2.05) is 54.9 Å². The van der Waals surface area contributed by atoms with Gasteiger partial charge in [0, 0.05) is 50.0 Å². The van der Waals surface area contributed by atoms with Crippen molar-refractivity contribution in [3.8, 4) is 45.2 Å². The molecule has 0 unspecified atom stereocenters. The summed E-state index contributed by atoms with van der Waals surface area (Å²) in [6, 6.07) is 47.7. The van der Waals surface area contributed by atoms with Crippen molar-refractivity contribution in [2.75, 3.05) is 0 Å². The van der Waals surface area contributed by atoms with E-state index in [-0.39, 0.29) is 0 Å². The van der Waals surface area contributed by atoms with Gasteiger partial charge >= 0.3 is 0 Å². The Labute approximate surface area is 264 Å². The van der Waals surface area contributed by atoms with Crippen LogP contribution >= 0.6 is 0 Å². The Morgan fingerprint density at radius 1 is 0.413 bits per heavy atom. The summed E-state index contributed by atoms with van der Waals surface area (Å²) in [5, 5.41) is 5.45. The van der Waals surface area contributed by atoms with Crippen LogP contribution in [0.25, 0.3) is 88.6 Å². The maximum atomic E-state index is 5.20. The van der Waals surface area contributed by atoms with Crippen LogP contribution in [0.4, 0.5) is 0 Å². The van der Waals surface area contributed by atoms with Crippen LogP contribution < -0.4 is 0 Å². The number of aromatic nitrogens is 5.